The van der Waals surface area contributed by atoms with Gasteiger partial charge in [0.15, 0.2) is 0 Å². The van der Waals surface area contributed by atoms with Crippen molar-refractivity contribution in [1.29, 1.82) is 0 Å². The monoisotopic (exact) mass is 345 g/mol. The third kappa shape index (κ3) is 3.34. The number of halogens is 3. The first-order chi connectivity index (χ1) is 10.1. The standard InChI is InChI=1S/C15H19BCl2FNO2/c1-14(2)15(3,4)22-16(21-14)10(8-20)5-9-6-11(17)13(18)12(19)7-9/h5-7H,8,20H2,1-4H3. The van der Waals surface area contributed by atoms with E-state index in [0.29, 0.717) is 11.0 Å². The average molecular weight is 346 g/mol. The summed E-state index contributed by atoms with van der Waals surface area (Å²) in [5.74, 6) is -0.578. The molecule has 0 unspecified atom stereocenters. The van der Waals surface area contributed by atoms with E-state index in [2.05, 4.69) is 0 Å². The Labute approximate surface area is 140 Å². The molecule has 0 aliphatic carbocycles. The zero-order valence-electron chi connectivity index (χ0n) is 13.0. The van der Waals surface area contributed by atoms with Crippen LogP contribution in [0.5, 0.6) is 0 Å². The Morgan fingerprint density at radius 3 is 2.23 bits per heavy atom. The number of hydrogen-bond acceptors (Lipinski definition) is 3. The molecule has 0 aromatic heterocycles. The highest BCUT2D eigenvalue weighted by atomic mass is 35.5. The Morgan fingerprint density at radius 2 is 1.77 bits per heavy atom. The average Bonchev–Trinajstić information content (AvgIpc) is 2.61. The Kier molecular flexibility index (Phi) is 4.95. The van der Waals surface area contributed by atoms with Gasteiger partial charge in [-0.15, -0.1) is 0 Å². The van der Waals surface area contributed by atoms with Crippen LogP contribution in [0.2, 0.25) is 10.0 Å². The summed E-state index contributed by atoms with van der Waals surface area (Å²) in [7, 11) is -0.576. The van der Waals surface area contributed by atoms with Crippen molar-refractivity contribution in [2.24, 2.45) is 5.73 Å². The van der Waals surface area contributed by atoms with Crippen molar-refractivity contribution >= 4 is 36.4 Å². The van der Waals surface area contributed by atoms with Gasteiger partial charge in [-0.3, -0.25) is 0 Å². The lowest BCUT2D eigenvalue weighted by Gasteiger charge is -2.32. The number of hydrogen-bond donors (Lipinski definition) is 1. The molecule has 0 amide bonds. The van der Waals surface area contributed by atoms with Gasteiger partial charge in [0.2, 0.25) is 0 Å². The molecule has 22 heavy (non-hydrogen) atoms. The maximum Gasteiger partial charge on any atom is 0.491 e. The summed E-state index contributed by atoms with van der Waals surface area (Å²) in [5.41, 5.74) is 6.14. The molecule has 0 radical (unpaired) electrons. The maximum atomic E-state index is 13.7. The van der Waals surface area contributed by atoms with E-state index in [1.54, 1.807) is 12.1 Å². The lowest BCUT2D eigenvalue weighted by Crippen LogP contribution is -2.41. The van der Waals surface area contributed by atoms with Crippen molar-refractivity contribution in [3.8, 4) is 0 Å². The second-order valence-corrected chi connectivity index (χ2v) is 7.10. The van der Waals surface area contributed by atoms with Gasteiger partial charge < -0.3 is 15.0 Å². The van der Waals surface area contributed by atoms with E-state index < -0.39 is 24.1 Å². The summed E-state index contributed by atoms with van der Waals surface area (Å²) >= 11 is 11.6. The summed E-state index contributed by atoms with van der Waals surface area (Å²) in [6.45, 7) is 8.05. The van der Waals surface area contributed by atoms with Crippen molar-refractivity contribution < 1.29 is 13.7 Å². The van der Waals surface area contributed by atoms with Gasteiger partial charge >= 0.3 is 7.12 Å². The SMILES string of the molecule is CC1(C)OB(C(=Cc2cc(F)c(Cl)c(Cl)c2)CN)OC1(C)C. The minimum atomic E-state index is -0.578. The third-order valence-electron chi connectivity index (χ3n) is 4.15. The molecular formula is C15H19BCl2FNO2. The molecular weight excluding hydrogens is 327 g/mol. The van der Waals surface area contributed by atoms with Crippen molar-refractivity contribution in [1.82, 2.24) is 0 Å². The fourth-order valence-corrected chi connectivity index (χ4v) is 2.42. The normalized spacial score (nSPS) is 20.5. The topological polar surface area (TPSA) is 44.5 Å². The molecule has 2 N–H and O–H groups in total. The van der Waals surface area contributed by atoms with Crippen LogP contribution >= 0.6 is 23.2 Å². The highest BCUT2D eigenvalue weighted by molar-refractivity contribution is 6.56. The molecule has 3 nitrogen and oxygen atoms in total. The van der Waals surface area contributed by atoms with Gasteiger partial charge in [0.1, 0.15) is 5.82 Å². The summed E-state index contributed by atoms with van der Waals surface area (Å²) < 4.78 is 25.6. The van der Waals surface area contributed by atoms with Gasteiger partial charge in [0.05, 0.1) is 21.2 Å². The molecule has 1 aliphatic rings. The Morgan fingerprint density at radius 1 is 1.23 bits per heavy atom. The van der Waals surface area contributed by atoms with Crippen molar-refractivity contribution in [3.05, 3.63) is 39.0 Å². The summed E-state index contributed by atoms with van der Waals surface area (Å²) in [6, 6.07) is 2.88. The molecule has 0 saturated carbocycles. The van der Waals surface area contributed by atoms with Crippen LogP contribution in [0.4, 0.5) is 4.39 Å². The molecule has 1 aromatic carbocycles. The van der Waals surface area contributed by atoms with Crippen LogP contribution in [0.3, 0.4) is 0 Å². The maximum absolute atomic E-state index is 13.7. The molecule has 2 rings (SSSR count). The summed E-state index contributed by atoms with van der Waals surface area (Å²) in [6.07, 6.45) is 1.72. The minimum Gasteiger partial charge on any atom is -0.400 e. The fourth-order valence-electron chi connectivity index (χ4n) is 2.09. The number of nitrogens with two attached hydrogens (primary N) is 1. The molecule has 1 fully saturated rings. The molecule has 1 heterocycles. The van der Waals surface area contributed by atoms with Crippen molar-refractivity contribution in [2.75, 3.05) is 6.54 Å². The zero-order chi connectivity index (χ0) is 16.7. The lowest BCUT2D eigenvalue weighted by atomic mass is 9.77. The molecule has 0 spiro atoms. The highest BCUT2D eigenvalue weighted by Gasteiger charge is 2.52. The van der Waals surface area contributed by atoms with Gasteiger partial charge in [0, 0.05) is 6.54 Å². The fraction of sp³-hybridized carbons (Fsp3) is 0.467. The highest BCUT2D eigenvalue weighted by Crippen LogP contribution is 2.38. The molecule has 1 saturated heterocycles. The van der Waals surface area contributed by atoms with Crippen LogP contribution in [0.1, 0.15) is 33.3 Å². The van der Waals surface area contributed by atoms with Crippen LogP contribution in [0.15, 0.2) is 17.6 Å². The number of benzene rings is 1. The van der Waals surface area contributed by atoms with Crippen LogP contribution in [-0.4, -0.2) is 24.9 Å². The largest absolute Gasteiger partial charge is 0.491 e. The predicted molar refractivity (Wildman–Crippen MR) is 89.5 cm³/mol. The zero-order valence-corrected chi connectivity index (χ0v) is 14.6. The van der Waals surface area contributed by atoms with Crippen LogP contribution in [0.25, 0.3) is 6.08 Å². The van der Waals surface area contributed by atoms with E-state index in [1.165, 1.54) is 6.07 Å². The van der Waals surface area contributed by atoms with Crippen LogP contribution in [-0.2, 0) is 9.31 Å². The lowest BCUT2D eigenvalue weighted by molar-refractivity contribution is 0.00578. The smallest absolute Gasteiger partial charge is 0.400 e. The van der Waals surface area contributed by atoms with E-state index in [0.717, 1.165) is 0 Å². The van der Waals surface area contributed by atoms with Gasteiger partial charge in [-0.1, -0.05) is 29.3 Å². The Hall–Kier alpha value is -0.585. The van der Waals surface area contributed by atoms with Crippen LogP contribution < -0.4 is 5.73 Å². The minimum absolute atomic E-state index is 0.0938. The van der Waals surface area contributed by atoms with E-state index in [1.807, 2.05) is 27.7 Å². The summed E-state index contributed by atoms with van der Waals surface area (Å²) in [4.78, 5) is 0. The van der Waals surface area contributed by atoms with E-state index in [4.69, 9.17) is 38.2 Å². The molecule has 0 atom stereocenters. The quantitative estimate of drug-likeness (QED) is 0.662. The van der Waals surface area contributed by atoms with E-state index >= 15 is 0 Å². The van der Waals surface area contributed by atoms with E-state index in [9.17, 15) is 4.39 Å². The first-order valence-corrected chi connectivity index (χ1v) is 7.74. The second kappa shape index (κ2) is 6.14. The first kappa shape index (κ1) is 17.8. The van der Waals surface area contributed by atoms with E-state index in [-0.39, 0.29) is 16.6 Å². The predicted octanol–water partition coefficient (Wildman–Crippen LogP) is 4.11. The molecule has 1 aromatic rings. The van der Waals surface area contributed by atoms with Crippen molar-refractivity contribution in [3.63, 3.8) is 0 Å². The molecule has 0 bridgehead atoms. The number of rotatable bonds is 3. The van der Waals surface area contributed by atoms with Crippen LogP contribution in [0, 0.1) is 5.82 Å². The molecule has 120 valence electrons. The van der Waals surface area contributed by atoms with Crippen molar-refractivity contribution in [2.45, 2.75) is 38.9 Å². The van der Waals surface area contributed by atoms with Gasteiger partial charge in [-0.2, -0.15) is 0 Å². The van der Waals surface area contributed by atoms with Gasteiger partial charge in [0.25, 0.3) is 0 Å². The molecule has 1 aliphatic heterocycles. The van der Waals surface area contributed by atoms with Gasteiger partial charge in [-0.25, -0.2) is 4.39 Å². The second-order valence-electron chi connectivity index (χ2n) is 6.31. The Balaban J connectivity index is 2.34. The summed E-state index contributed by atoms with van der Waals surface area (Å²) in [5, 5.41) is 0.0574. The van der Waals surface area contributed by atoms with Gasteiger partial charge in [-0.05, 0) is 50.9 Å². The first-order valence-electron chi connectivity index (χ1n) is 6.98. The molecule has 7 heteroatoms. The Bertz CT molecular complexity index is 581. The third-order valence-corrected chi connectivity index (χ3v) is 4.93.